The number of amides is 1. The number of methoxy groups -OCH3 is 1. The van der Waals surface area contributed by atoms with Crippen molar-refractivity contribution in [1.29, 1.82) is 0 Å². The molecule has 0 aliphatic heterocycles. The third-order valence-corrected chi connectivity index (χ3v) is 4.07. The van der Waals surface area contributed by atoms with Crippen molar-refractivity contribution in [1.82, 2.24) is 10.5 Å². The molecule has 3 aromatic rings. The second-order valence-corrected chi connectivity index (χ2v) is 6.06. The first-order valence-corrected chi connectivity index (χ1v) is 8.15. The zero-order valence-electron chi connectivity index (χ0n) is 13.3. The third kappa shape index (κ3) is 4.13. The number of halogens is 2. The lowest BCUT2D eigenvalue weighted by atomic mass is 10.1. The predicted molar refractivity (Wildman–Crippen MR) is 96.1 cm³/mol. The quantitative estimate of drug-likeness (QED) is 0.707. The minimum atomic E-state index is -0.312. The van der Waals surface area contributed by atoms with Crippen molar-refractivity contribution in [3.05, 3.63) is 69.8 Å². The summed E-state index contributed by atoms with van der Waals surface area (Å²) in [6, 6.07) is 13.9. The SMILES string of the molecule is COc1cccc(-c2cc(CNC(=O)c3ccc(Cl)cc3Cl)no2)c1. The molecule has 7 heteroatoms. The highest BCUT2D eigenvalue weighted by Gasteiger charge is 2.12. The number of rotatable bonds is 5. The molecular weight excluding hydrogens is 363 g/mol. The molecule has 0 radical (unpaired) electrons. The lowest BCUT2D eigenvalue weighted by Gasteiger charge is -2.05. The van der Waals surface area contributed by atoms with Crippen molar-refractivity contribution in [2.75, 3.05) is 7.11 Å². The van der Waals surface area contributed by atoms with Crippen molar-refractivity contribution < 1.29 is 14.1 Å². The molecule has 0 bridgehead atoms. The standard InChI is InChI=1S/C18H14Cl2N2O3/c1-24-14-4-2-3-11(7-14)17-9-13(22-25-17)10-21-18(23)15-6-5-12(19)8-16(15)20/h2-9H,10H2,1H3,(H,21,23). The summed E-state index contributed by atoms with van der Waals surface area (Å²) in [6.07, 6.45) is 0. The van der Waals surface area contributed by atoms with Crippen LogP contribution >= 0.6 is 23.2 Å². The van der Waals surface area contributed by atoms with Gasteiger partial charge in [-0.2, -0.15) is 0 Å². The molecule has 25 heavy (non-hydrogen) atoms. The van der Waals surface area contributed by atoms with Crippen molar-refractivity contribution >= 4 is 29.1 Å². The Morgan fingerprint density at radius 3 is 2.80 bits per heavy atom. The molecule has 2 aromatic carbocycles. The van der Waals surface area contributed by atoms with Crippen molar-refractivity contribution in [3.8, 4) is 17.1 Å². The first-order chi connectivity index (χ1) is 12.1. The van der Waals surface area contributed by atoms with Crippen LogP contribution in [0.5, 0.6) is 5.75 Å². The number of nitrogens with one attached hydrogen (secondary N) is 1. The van der Waals surface area contributed by atoms with Gasteiger partial charge in [-0.3, -0.25) is 4.79 Å². The van der Waals surface area contributed by atoms with Crippen molar-refractivity contribution in [3.63, 3.8) is 0 Å². The van der Waals surface area contributed by atoms with Crippen molar-refractivity contribution in [2.45, 2.75) is 6.54 Å². The summed E-state index contributed by atoms with van der Waals surface area (Å²) in [5.74, 6) is 1.00. The smallest absolute Gasteiger partial charge is 0.253 e. The van der Waals surface area contributed by atoms with Gasteiger partial charge in [0.1, 0.15) is 11.4 Å². The summed E-state index contributed by atoms with van der Waals surface area (Å²) in [5.41, 5.74) is 1.78. The fourth-order valence-electron chi connectivity index (χ4n) is 2.25. The highest BCUT2D eigenvalue weighted by molar-refractivity contribution is 6.36. The number of hydrogen-bond acceptors (Lipinski definition) is 4. The lowest BCUT2D eigenvalue weighted by molar-refractivity contribution is 0.0950. The van der Waals surface area contributed by atoms with E-state index in [1.807, 2.05) is 24.3 Å². The maximum atomic E-state index is 12.2. The van der Waals surface area contributed by atoms with E-state index in [2.05, 4.69) is 10.5 Å². The van der Waals surface area contributed by atoms with E-state index in [-0.39, 0.29) is 12.5 Å². The van der Waals surface area contributed by atoms with Crippen LogP contribution in [0.2, 0.25) is 10.0 Å². The van der Waals surface area contributed by atoms with Gasteiger partial charge < -0.3 is 14.6 Å². The van der Waals surface area contributed by atoms with E-state index in [1.54, 1.807) is 25.3 Å². The van der Waals surface area contributed by atoms with Gasteiger partial charge in [0.15, 0.2) is 5.76 Å². The Morgan fingerprint density at radius 1 is 1.20 bits per heavy atom. The zero-order valence-corrected chi connectivity index (χ0v) is 14.8. The normalized spacial score (nSPS) is 10.5. The Labute approximate surface area is 154 Å². The maximum Gasteiger partial charge on any atom is 0.253 e. The van der Waals surface area contributed by atoms with Gasteiger partial charge in [-0.05, 0) is 30.3 Å². The minimum absolute atomic E-state index is 0.214. The largest absolute Gasteiger partial charge is 0.497 e. The van der Waals surface area contributed by atoms with E-state index in [1.165, 1.54) is 6.07 Å². The number of carbonyl (C=O) groups is 1. The molecule has 1 aromatic heterocycles. The van der Waals surface area contributed by atoms with Crippen LogP contribution in [0.4, 0.5) is 0 Å². The van der Waals surface area contributed by atoms with Gasteiger partial charge in [-0.1, -0.05) is 40.5 Å². The number of ether oxygens (including phenoxy) is 1. The molecule has 0 saturated heterocycles. The molecule has 0 aliphatic rings. The van der Waals surface area contributed by atoms with Crippen LogP contribution in [-0.2, 0) is 6.54 Å². The van der Waals surface area contributed by atoms with Crippen LogP contribution in [-0.4, -0.2) is 18.2 Å². The molecule has 0 spiro atoms. The molecule has 0 aliphatic carbocycles. The molecular formula is C18H14Cl2N2O3. The molecule has 0 atom stereocenters. The van der Waals surface area contributed by atoms with Gasteiger partial charge in [0, 0.05) is 16.7 Å². The van der Waals surface area contributed by atoms with E-state index >= 15 is 0 Å². The molecule has 0 saturated carbocycles. The van der Waals surface area contributed by atoms with Crippen LogP contribution in [0.15, 0.2) is 53.1 Å². The van der Waals surface area contributed by atoms with E-state index < -0.39 is 0 Å². The zero-order chi connectivity index (χ0) is 17.8. The molecule has 3 rings (SSSR count). The minimum Gasteiger partial charge on any atom is -0.497 e. The molecule has 5 nitrogen and oxygen atoms in total. The molecule has 1 heterocycles. The predicted octanol–water partition coefficient (Wildman–Crippen LogP) is 4.59. The van der Waals surface area contributed by atoms with Gasteiger partial charge in [0.25, 0.3) is 5.91 Å². The van der Waals surface area contributed by atoms with Crippen molar-refractivity contribution in [2.24, 2.45) is 0 Å². The summed E-state index contributed by atoms with van der Waals surface area (Å²) in [5, 5.41) is 7.48. The number of nitrogens with zero attached hydrogens (tertiary/aromatic N) is 1. The van der Waals surface area contributed by atoms with E-state index in [0.29, 0.717) is 27.1 Å². The van der Waals surface area contributed by atoms with E-state index in [9.17, 15) is 4.79 Å². The average Bonchev–Trinajstić information content (AvgIpc) is 3.09. The van der Waals surface area contributed by atoms with E-state index in [0.717, 1.165) is 11.3 Å². The van der Waals surface area contributed by atoms with Gasteiger partial charge in [0.05, 0.1) is 24.2 Å². The van der Waals surface area contributed by atoms with Crippen LogP contribution in [0.3, 0.4) is 0 Å². The van der Waals surface area contributed by atoms with Crippen LogP contribution in [0.1, 0.15) is 16.1 Å². The molecule has 1 N–H and O–H groups in total. The lowest BCUT2D eigenvalue weighted by Crippen LogP contribution is -2.23. The second kappa shape index (κ2) is 7.59. The van der Waals surface area contributed by atoms with Gasteiger partial charge in [-0.25, -0.2) is 0 Å². The summed E-state index contributed by atoms with van der Waals surface area (Å²) in [7, 11) is 1.60. The number of aromatic nitrogens is 1. The van der Waals surface area contributed by atoms with E-state index in [4.69, 9.17) is 32.5 Å². The molecule has 1 amide bonds. The third-order valence-electron chi connectivity index (χ3n) is 3.52. The Hall–Kier alpha value is -2.50. The Balaban J connectivity index is 1.68. The monoisotopic (exact) mass is 376 g/mol. The van der Waals surface area contributed by atoms with Crippen LogP contribution in [0, 0.1) is 0 Å². The fourth-order valence-corrected chi connectivity index (χ4v) is 2.74. The molecule has 0 unspecified atom stereocenters. The highest BCUT2D eigenvalue weighted by atomic mass is 35.5. The first kappa shape index (κ1) is 17.3. The second-order valence-electron chi connectivity index (χ2n) is 5.22. The Kier molecular flexibility index (Phi) is 5.26. The van der Waals surface area contributed by atoms with Crippen LogP contribution < -0.4 is 10.1 Å². The number of benzene rings is 2. The highest BCUT2D eigenvalue weighted by Crippen LogP contribution is 2.25. The molecule has 0 fully saturated rings. The number of carbonyl (C=O) groups excluding carboxylic acids is 1. The van der Waals surface area contributed by atoms with Gasteiger partial charge >= 0.3 is 0 Å². The topological polar surface area (TPSA) is 64.4 Å². The maximum absolute atomic E-state index is 12.2. The summed E-state index contributed by atoms with van der Waals surface area (Å²) >= 11 is 11.9. The molecule has 128 valence electrons. The average molecular weight is 377 g/mol. The summed E-state index contributed by atoms with van der Waals surface area (Å²) in [6.45, 7) is 0.214. The van der Waals surface area contributed by atoms with Crippen LogP contribution in [0.25, 0.3) is 11.3 Å². The fraction of sp³-hybridized carbons (Fsp3) is 0.111. The van der Waals surface area contributed by atoms with Gasteiger partial charge in [0.2, 0.25) is 0 Å². The number of hydrogen-bond donors (Lipinski definition) is 1. The summed E-state index contributed by atoms with van der Waals surface area (Å²) in [4.78, 5) is 12.2. The Bertz CT molecular complexity index is 909. The Morgan fingerprint density at radius 2 is 2.04 bits per heavy atom. The van der Waals surface area contributed by atoms with Gasteiger partial charge in [-0.15, -0.1) is 0 Å². The first-order valence-electron chi connectivity index (χ1n) is 7.40. The summed E-state index contributed by atoms with van der Waals surface area (Å²) < 4.78 is 10.5.